The van der Waals surface area contributed by atoms with Gasteiger partial charge in [0.05, 0.1) is 5.37 Å². The molecule has 1 saturated heterocycles. The van der Waals surface area contributed by atoms with E-state index in [9.17, 15) is 4.79 Å². The molecule has 1 atom stereocenters. The van der Waals surface area contributed by atoms with E-state index in [0.717, 1.165) is 12.3 Å². The van der Waals surface area contributed by atoms with Gasteiger partial charge in [-0.1, -0.05) is 0 Å². The van der Waals surface area contributed by atoms with Gasteiger partial charge in [-0.2, -0.15) is 0 Å². The van der Waals surface area contributed by atoms with Gasteiger partial charge in [0.25, 0.3) is 0 Å². The Balaban J connectivity index is 2.53. The van der Waals surface area contributed by atoms with Crippen LogP contribution in [0.3, 0.4) is 0 Å². The van der Waals surface area contributed by atoms with Crippen molar-refractivity contribution in [2.75, 3.05) is 26.4 Å². The predicted octanol–water partition coefficient (Wildman–Crippen LogP) is 1.06. The van der Waals surface area contributed by atoms with Crippen LogP contribution in [0.15, 0.2) is 0 Å². The third kappa shape index (κ3) is 1.80. The van der Waals surface area contributed by atoms with E-state index in [1.54, 1.807) is 19.0 Å². The van der Waals surface area contributed by atoms with Crippen LogP contribution in [0, 0.1) is 0 Å². The van der Waals surface area contributed by atoms with Crippen molar-refractivity contribution in [1.29, 1.82) is 0 Å². The highest BCUT2D eigenvalue weighted by Crippen LogP contribution is 2.23. The maximum atomic E-state index is 11.4. The Labute approximate surface area is 71.7 Å². The molecule has 0 spiro atoms. The molecule has 11 heavy (non-hydrogen) atoms. The lowest BCUT2D eigenvalue weighted by Gasteiger charge is -2.24. The molecule has 0 aromatic heterocycles. The number of nitrogens with zero attached hydrogens (tertiary/aromatic N) is 2. The molecule has 1 unspecified atom stereocenters. The average molecular weight is 174 g/mol. The summed E-state index contributed by atoms with van der Waals surface area (Å²) < 4.78 is 0. The summed E-state index contributed by atoms with van der Waals surface area (Å²) in [5.74, 6) is 1.07. The second-order valence-electron chi connectivity index (χ2n) is 2.84. The number of thioether (sulfide) groups is 1. The van der Waals surface area contributed by atoms with E-state index in [1.807, 2.05) is 16.7 Å². The van der Waals surface area contributed by atoms with Crippen molar-refractivity contribution in [3.05, 3.63) is 0 Å². The van der Waals surface area contributed by atoms with Crippen LogP contribution in [0.4, 0.5) is 4.79 Å². The molecule has 0 N–H and O–H groups in total. The molecule has 1 heterocycles. The highest BCUT2D eigenvalue weighted by molar-refractivity contribution is 8.00. The highest BCUT2D eigenvalue weighted by atomic mass is 32.2. The summed E-state index contributed by atoms with van der Waals surface area (Å²) in [6.45, 7) is 2.96. The minimum atomic E-state index is 0.127. The molecule has 1 fully saturated rings. The lowest BCUT2D eigenvalue weighted by molar-refractivity contribution is 0.175. The smallest absolute Gasteiger partial charge is 0.320 e. The van der Waals surface area contributed by atoms with E-state index in [0.29, 0.717) is 5.37 Å². The summed E-state index contributed by atoms with van der Waals surface area (Å²) in [6.07, 6.45) is 0. The summed E-state index contributed by atoms with van der Waals surface area (Å²) in [5.41, 5.74) is 0. The molecule has 4 heteroatoms. The Kier molecular flexibility index (Phi) is 2.65. The number of carbonyl (C=O) groups excluding carboxylic acids is 1. The van der Waals surface area contributed by atoms with E-state index in [4.69, 9.17) is 0 Å². The van der Waals surface area contributed by atoms with Crippen LogP contribution < -0.4 is 0 Å². The molecular weight excluding hydrogens is 160 g/mol. The zero-order valence-corrected chi connectivity index (χ0v) is 8.02. The largest absolute Gasteiger partial charge is 0.331 e. The number of carbonyl (C=O) groups is 1. The van der Waals surface area contributed by atoms with E-state index in [2.05, 4.69) is 6.92 Å². The Morgan fingerprint density at radius 2 is 2.27 bits per heavy atom. The summed E-state index contributed by atoms with van der Waals surface area (Å²) in [7, 11) is 3.58. The van der Waals surface area contributed by atoms with Crippen molar-refractivity contribution in [2.24, 2.45) is 0 Å². The standard InChI is InChI=1S/C7H14N2OS/c1-6-9(4-5-11-6)7(10)8(2)3/h6H,4-5H2,1-3H3. The third-order valence-corrected chi connectivity index (χ3v) is 2.91. The van der Waals surface area contributed by atoms with E-state index in [1.165, 1.54) is 0 Å². The molecule has 0 bridgehead atoms. The second-order valence-corrected chi connectivity index (χ2v) is 4.26. The molecule has 0 aliphatic carbocycles. The first-order valence-corrected chi connectivity index (χ1v) is 4.77. The van der Waals surface area contributed by atoms with Crippen LogP contribution in [0.1, 0.15) is 6.92 Å². The number of rotatable bonds is 0. The summed E-state index contributed by atoms with van der Waals surface area (Å²) in [4.78, 5) is 14.9. The number of amides is 2. The Bertz CT molecular complexity index is 161. The summed E-state index contributed by atoms with van der Waals surface area (Å²) in [6, 6.07) is 0.127. The molecule has 3 nitrogen and oxygen atoms in total. The van der Waals surface area contributed by atoms with Gasteiger partial charge in [-0.25, -0.2) is 4.79 Å². The topological polar surface area (TPSA) is 23.6 Å². The lowest BCUT2D eigenvalue weighted by Crippen LogP contribution is -2.40. The van der Waals surface area contributed by atoms with Gasteiger partial charge < -0.3 is 9.80 Å². The third-order valence-electron chi connectivity index (χ3n) is 1.76. The molecule has 0 saturated carbocycles. The van der Waals surface area contributed by atoms with Gasteiger partial charge in [-0.15, -0.1) is 11.8 Å². The molecule has 0 aromatic rings. The monoisotopic (exact) mass is 174 g/mol. The summed E-state index contributed by atoms with van der Waals surface area (Å²) >= 11 is 1.83. The fourth-order valence-corrected chi connectivity index (χ4v) is 2.12. The maximum absolute atomic E-state index is 11.4. The first-order chi connectivity index (χ1) is 5.13. The molecule has 1 aliphatic heterocycles. The molecule has 0 aromatic carbocycles. The molecule has 2 amide bonds. The van der Waals surface area contributed by atoms with Crippen LogP contribution in [0.5, 0.6) is 0 Å². The van der Waals surface area contributed by atoms with E-state index >= 15 is 0 Å². The molecule has 1 aliphatic rings. The molecule has 64 valence electrons. The van der Waals surface area contributed by atoms with Crippen LogP contribution in [-0.2, 0) is 0 Å². The zero-order chi connectivity index (χ0) is 8.43. The van der Waals surface area contributed by atoms with Crippen molar-refractivity contribution < 1.29 is 4.79 Å². The van der Waals surface area contributed by atoms with Crippen LogP contribution in [-0.4, -0.2) is 47.6 Å². The highest BCUT2D eigenvalue weighted by Gasteiger charge is 2.26. The zero-order valence-electron chi connectivity index (χ0n) is 7.20. The molecular formula is C7H14N2OS. The minimum absolute atomic E-state index is 0.127. The Morgan fingerprint density at radius 1 is 1.64 bits per heavy atom. The van der Waals surface area contributed by atoms with Crippen LogP contribution in [0.2, 0.25) is 0 Å². The van der Waals surface area contributed by atoms with Crippen LogP contribution in [0.25, 0.3) is 0 Å². The average Bonchev–Trinajstić information content (AvgIpc) is 2.33. The van der Waals surface area contributed by atoms with E-state index < -0.39 is 0 Å². The van der Waals surface area contributed by atoms with Crippen molar-refractivity contribution in [3.8, 4) is 0 Å². The number of hydrogen-bond acceptors (Lipinski definition) is 2. The molecule has 0 radical (unpaired) electrons. The Hall–Kier alpha value is -0.380. The van der Waals surface area contributed by atoms with E-state index in [-0.39, 0.29) is 6.03 Å². The van der Waals surface area contributed by atoms with Gasteiger partial charge in [0, 0.05) is 26.4 Å². The van der Waals surface area contributed by atoms with Crippen molar-refractivity contribution >= 4 is 17.8 Å². The first kappa shape index (κ1) is 8.71. The fraction of sp³-hybridized carbons (Fsp3) is 0.857. The van der Waals surface area contributed by atoms with Crippen molar-refractivity contribution in [2.45, 2.75) is 12.3 Å². The molecule has 1 rings (SSSR count). The number of hydrogen-bond donors (Lipinski definition) is 0. The second kappa shape index (κ2) is 3.34. The maximum Gasteiger partial charge on any atom is 0.320 e. The van der Waals surface area contributed by atoms with Gasteiger partial charge in [0.1, 0.15) is 0 Å². The number of urea groups is 1. The van der Waals surface area contributed by atoms with Crippen molar-refractivity contribution in [3.63, 3.8) is 0 Å². The SMILES string of the molecule is CC1SCCN1C(=O)N(C)C. The first-order valence-electron chi connectivity index (χ1n) is 3.72. The van der Waals surface area contributed by atoms with Gasteiger partial charge in [0.15, 0.2) is 0 Å². The Morgan fingerprint density at radius 3 is 2.64 bits per heavy atom. The van der Waals surface area contributed by atoms with Crippen LogP contribution >= 0.6 is 11.8 Å². The summed E-state index contributed by atoms with van der Waals surface area (Å²) in [5, 5.41) is 0.352. The van der Waals surface area contributed by atoms with Crippen molar-refractivity contribution in [1.82, 2.24) is 9.80 Å². The van der Waals surface area contributed by atoms with Gasteiger partial charge in [0.2, 0.25) is 0 Å². The van der Waals surface area contributed by atoms with Gasteiger partial charge in [-0.05, 0) is 6.92 Å². The normalized spacial score (nSPS) is 23.9. The quantitative estimate of drug-likeness (QED) is 0.548. The van der Waals surface area contributed by atoms with Gasteiger partial charge in [-0.3, -0.25) is 0 Å². The fourth-order valence-electron chi connectivity index (χ4n) is 1.10. The minimum Gasteiger partial charge on any atom is -0.331 e. The lowest BCUT2D eigenvalue weighted by atomic mass is 10.5. The van der Waals surface area contributed by atoms with Gasteiger partial charge >= 0.3 is 6.03 Å². The predicted molar refractivity (Wildman–Crippen MR) is 47.7 cm³/mol.